The smallest absolute Gasteiger partial charge is 0.243 e. The molecule has 0 unspecified atom stereocenters. The van der Waals surface area contributed by atoms with E-state index < -0.39 is 0 Å². The first-order valence-electron chi connectivity index (χ1n) is 8.87. The van der Waals surface area contributed by atoms with Crippen LogP contribution in [-0.4, -0.2) is 46.0 Å². The fourth-order valence-electron chi connectivity index (χ4n) is 2.70. The second-order valence-corrected chi connectivity index (χ2v) is 7.57. The van der Waals surface area contributed by atoms with Gasteiger partial charge < -0.3 is 10.2 Å². The van der Waals surface area contributed by atoms with E-state index in [1.807, 2.05) is 56.3 Å². The Morgan fingerprint density at radius 2 is 1.89 bits per heavy atom. The number of rotatable bonds is 6. The number of hydrogen-bond acceptors (Lipinski definition) is 5. The van der Waals surface area contributed by atoms with E-state index in [-0.39, 0.29) is 24.1 Å². The lowest BCUT2D eigenvalue weighted by atomic mass is 10.1. The minimum Gasteiger partial charge on any atom is -0.336 e. The lowest BCUT2D eigenvalue weighted by molar-refractivity contribution is -0.131. The Balaban J connectivity index is 1.57. The number of carbonyl (C=O) groups is 2. The third kappa shape index (κ3) is 4.86. The van der Waals surface area contributed by atoms with Gasteiger partial charge in [-0.3, -0.25) is 9.59 Å². The lowest BCUT2D eigenvalue weighted by Crippen LogP contribution is -2.36. The van der Waals surface area contributed by atoms with Gasteiger partial charge in [-0.2, -0.15) is 0 Å². The SMILES string of the molecule is Cc1ccc(C)c(NC(=O)CN(C)C(=O)CSc2ncnc3ccccc23)c1. The average molecular weight is 395 g/mol. The quantitative estimate of drug-likeness (QED) is 0.512. The molecule has 0 aliphatic heterocycles. The monoisotopic (exact) mass is 394 g/mol. The number of thioether (sulfide) groups is 1. The average Bonchev–Trinajstić information content (AvgIpc) is 2.68. The number of amides is 2. The number of likely N-dealkylation sites (N-methyl/N-ethyl adjacent to an activating group) is 1. The molecule has 0 fully saturated rings. The number of para-hydroxylation sites is 1. The lowest BCUT2D eigenvalue weighted by Gasteiger charge is -2.17. The van der Waals surface area contributed by atoms with E-state index in [1.165, 1.54) is 23.0 Å². The number of aryl methyl sites for hydroxylation is 2. The van der Waals surface area contributed by atoms with Crippen molar-refractivity contribution >= 4 is 40.2 Å². The summed E-state index contributed by atoms with van der Waals surface area (Å²) >= 11 is 1.35. The number of anilines is 1. The first-order valence-corrected chi connectivity index (χ1v) is 9.86. The first-order chi connectivity index (χ1) is 13.4. The summed E-state index contributed by atoms with van der Waals surface area (Å²) in [6, 6.07) is 13.6. The molecule has 0 spiro atoms. The molecular formula is C21H22N4O2S. The Kier molecular flexibility index (Phi) is 6.26. The normalized spacial score (nSPS) is 10.7. The largest absolute Gasteiger partial charge is 0.336 e. The van der Waals surface area contributed by atoms with Gasteiger partial charge in [-0.25, -0.2) is 9.97 Å². The summed E-state index contributed by atoms with van der Waals surface area (Å²) in [5, 5.41) is 4.55. The Morgan fingerprint density at radius 1 is 1.11 bits per heavy atom. The fraction of sp³-hybridized carbons (Fsp3) is 0.238. The van der Waals surface area contributed by atoms with Crippen molar-refractivity contribution in [3.63, 3.8) is 0 Å². The fourth-order valence-corrected chi connectivity index (χ4v) is 3.63. The van der Waals surface area contributed by atoms with Crippen molar-refractivity contribution in [3.05, 3.63) is 59.9 Å². The van der Waals surface area contributed by atoms with Crippen LogP contribution in [0.2, 0.25) is 0 Å². The topological polar surface area (TPSA) is 75.2 Å². The third-order valence-corrected chi connectivity index (χ3v) is 5.30. The molecule has 28 heavy (non-hydrogen) atoms. The summed E-state index contributed by atoms with van der Waals surface area (Å²) in [6.45, 7) is 3.91. The van der Waals surface area contributed by atoms with Crippen molar-refractivity contribution in [3.8, 4) is 0 Å². The molecule has 0 bridgehead atoms. The summed E-state index contributed by atoms with van der Waals surface area (Å²) < 4.78 is 0. The number of nitrogens with zero attached hydrogens (tertiary/aromatic N) is 3. The standard InChI is InChI=1S/C21H22N4O2S/c1-14-8-9-15(2)18(10-14)24-19(26)11-25(3)20(27)12-28-21-16-6-4-5-7-17(16)22-13-23-21/h4-10,13H,11-12H2,1-3H3,(H,24,26). The minimum atomic E-state index is -0.220. The Hall–Kier alpha value is -2.93. The van der Waals surface area contributed by atoms with Gasteiger partial charge >= 0.3 is 0 Å². The zero-order chi connectivity index (χ0) is 20.1. The number of fused-ring (bicyclic) bond motifs is 1. The van der Waals surface area contributed by atoms with Crippen LogP contribution in [0, 0.1) is 13.8 Å². The molecule has 0 aliphatic rings. The van der Waals surface area contributed by atoms with Gasteiger partial charge in [0.05, 0.1) is 17.8 Å². The van der Waals surface area contributed by atoms with Gasteiger partial charge in [-0.05, 0) is 37.1 Å². The van der Waals surface area contributed by atoms with Crippen molar-refractivity contribution < 1.29 is 9.59 Å². The van der Waals surface area contributed by atoms with Crippen LogP contribution in [0.1, 0.15) is 11.1 Å². The summed E-state index contributed by atoms with van der Waals surface area (Å²) in [5.41, 5.74) is 3.67. The van der Waals surface area contributed by atoms with Crippen molar-refractivity contribution in [1.29, 1.82) is 0 Å². The molecule has 1 heterocycles. The van der Waals surface area contributed by atoms with Gasteiger partial charge in [0.15, 0.2) is 0 Å². The van der Waals surface area contributed by atoms with Gasteiger partial charge in [0.25, 0.3) is 0 Å². The van der Waals surface area contributed by atoms with Gasteiger partial charge in [-0.1, -0.05) is 42.1 Å². The first kappa shape index (κ1) is 19.8. The number of benzene rings is 2. The highest BCUT2D eigenvalue weighted by molar-refractivity contribution is 8.00. The van der Waals surface area contributed by atoms with Crippen LogP contribution in [0.5, 0.6) is 0 Å². The molecule has 7 heteroatoms. The second kappa shape index (κ2) is 8.84. The highest BCUT2D eigenvalue weighted by Gasteiger charge is 2.15. The highest BCUT2D eigenvalue weighted by atomic mass is 32.2. The van der Waals surface area contributed by atoms with Crippen molar-refractivity contribution in [2.75, 3.05) is 24.7 Å². The zero-order valence-electron chi connectivity index (χ0n) is 16.1. The van der Waals surface area contributed by atoms with Crippen LogP contribution >= 0.6 is 11.8 Å². The number of carbonyl (C=O) groups excluding carboxylic acids is 2. The Morgan fingerprint density at radius 3 is 2.71 bits per heavy atom. The van der Waals surface area contributed by atoms with Crippen LogP contribution in [0.4, 0.5) is 5.69 Å². The van der Waals surface area contributed by atoms with Crippen LogP contribution in [0.15, 0.2) is 53.8 Å². The van der Waals surface area contributed by atoms with Crippen molar-refractivity contribution in [2.24, 2.45) is 0 Å². The summed E-state index contributed by atoms with van der Waals surface area (Å²) in [4.78, 5) is 34.7. The van der Waals surface area contributed by atoms with E-state index in [2.05, 4.69) is 15.3 Å². The van der Waals surface area contributed by atoms with Crippen LogP contribution in [0.25, 0.3) is 10.9 Å². The Bertz CT molecular complexity index is 1020. The number of nitrogens with one attached hydrogen (secondary N) is 1. The van der Waals surface area contributed by atoms with E-state index in [9.17, 15) is 9.59 Å². The van der Waals surface area contributed by atoms with E-state index in [0.29, 0.717) is 0 Å². The van der Waals surface area contributed by atoms with Gasteiger partial charge in [-0.15, -0.1) is 0 Å². The Labute approximate surface area is 168 Å². The molecular weight excluding hydrogens is 372 g/mol. The van der Waals surface area contributed by atoms with Crippen LogP contribution in [-0.2, 0) is 9.59 Å². The summed E-state index contributed by atoms with van der Waals surface area (Å²) in [6.07, 6.45) is 1.50. The second-order valence-electron chi connectivity index (χ2n) is 6.60. The highest BCUT2D eigenvalue weighted by Crippen LogP contribution is 2.24. The molecule has 0 saturated heterocycles. The molecule has 6 nitrogen and oxygen atoms in total. The van der Waals surface area contributed by atoms with Gasteiger partial charge in [0.1, 0.15) is 11.4 Å². The molecule has 0 atom stereocenters. The maximum atomic E-state index is 12.4. The molecule has 0 radical (unpaired) electrons. The molecule has 3 rings (SSSR count). The minimum absolute atomic E-state index is 0.00268. The number of aromatic nitrogens is 2. The summed E-state index contributed by atoms with van der Waals surface area (Å²) in [7, 11) is 1.63. The maximum absolute atomic E-state index is 12.4. The predicted molar refractivity (Wildman–Crippen MR) is 112 cm³/mol. The molecule has 1 aromatic heterocycles. The molecule has 3 aromatic rings. The van der Waals surface area contributed by atoms with E-state index in [1.54, 1.807) is 7.05 Å². The predicted octanol–water partition coefficient (Wildman–Crippen LogP) is 3.44. The molecule has 0 saturated carbocycles. The molecule has 2 aromatic carbocycles. The van der Waals surface area contributed by atoms with Gasteiger partial charge in [0.2, 0.25) is 11.8 Å². The third-order valence-electron chi connectivity index (χ3n) is 4.31. The van der Waals surface area contributed by atoms with Crippen LogP contribution < -0.4 is 5.32 Å². The maximum Gasteiger partial charge on any atom is 0.243 e. The van der Waals surface area contributed by atoms with E-state index >= 15 is 0 Å². The van der Waals surface area contributed by atoms with Crippen LogP contribution in [0.3, 0.4) is 0 Å². The number of hydrogen-bond donors (Lipinski definition) is 1. The molecule has 144 valence electrons. The molecule has 2 amide bonds. The van der Waals surface area contributed by atoms with Gasteiger partial charge in [0, 0.05) is 18.1 Å². The van der Waals surface area contributed by atoms with Crippen molar-refractivity contribution in [2.45, 2.75) is 18.9 Å². The van der Waals surface area contributed by atoms with E-state index in [0.717, 1.165) is 32.7 Å². The van der Waals surface area contributed by atoms with E-state index in [4.69, 9.17) is 0 Å². The summed E-state index contributed by atoms with van der Waals surface area (Å²) in [5.74, 6) is -0.153. The molecule has 1 N–H and O–H groups in total. The van der Waals surface area contributed by atoms with Crippen molar-refractivity contribution in [1.82, 2.24) is 14.9 Å². The molecule has 0 aliphatic carbocycles. The zero-order valence-corrected chi connectivity index (χ0v) is 16.9.